The summed E-state index contributed by atoms with van der Waals surface area (Å²) < 4.78 is 0. The second-order valence-corrected chi connectivity index (χ2v) is 10.5. The fourth-order valence-corrected chi connectivity index (χ4v) is 4.57. The zero-order valence-electron chi connectivity index (χ0n) is 24.0. The molecule has 222 valence electrons. The number of rotatable bonds is 15. The van der Waals surface area contributed by atoms with Gasteiger partial charge in [-0.25, -0.2) is 4.79 Å². The largest absolute Gasteiger partial charge is 0.480 e. The number of hydrogen-bond acceptors (Lipinski definition) is 5. The van der Waals surface area contributed by atoms with Crippen LogP contribution in [-0.2, 0) is 38.4 Å². The van der Waals surface area contributed by atoms with Gasteiger partial charge in [-0.05, 0) is 29.0 Å². The van der Waals surface area contributed by atoms with Crippen LogP contribution in [0.3, 0.4) is 0 Å². The lowest BCUT2D eigenvalue weighted by Crippen LogP contribution is -2.59. The summed E-state index contributed by atoms with van der Waals surface area (Å²) in [5, 5.41) is 18.0. The van der Waals surface area contributed by atoms with E-state index >= 15 is 0 Å². The average molecular weight is 573 g/mol. The molecule has 0 aromatic heterocycles. The molecule has 3 aromatic carbocycles. The van der Waals surface area contributed by atoms with Crippen molar-refractivity contribution in [1.29, 1.82) is 0 Å². The first kappa shape index (κ1) is 32.0. The van der Waals surface area contributed by atoms with E-state index in [1.807, 2.05) is 73.7 Å². The molecule has 0 saturated carbocycles. The topological polar surface area (TPSA) is 151 Å². The van der Waals surface area contributed by atoms with Crippen molar-refractivity contribution in [1.82, 2.24) is 16.0 Å². The van der Waals surface area contributed by atoms with Crippen molar-refractivity contribution in [2.45, 2.75) is 63.7 Å². The molecule has 0 aliphatic heterocycles. The summed E-state index contributed by atoms with van der Waals surface area (Å²) >= 11 is 0. The standard InChI is InChI=1S/C33H40N4O5/c1-3-22(2)29(32(40)36-28(33(41)42)21-25-17-11-6-12-18-25)37-31(39)27(20-24-15-9-5-10-16-24)35-30(38)26(34)19-23-13-7-4-8-14-23/h4-18,22,26-29H,3,19-21,34H2,1-2H3,(H,35,38)(H,36,40)(H,37,39)(H,41,42). The van der Waals surface area contributed by atoms with Crippen molar-refractivity contribution in [3.05, 3.63) is 108 Å². The summed E-state index contributed by atoms with van der Waals surface area (Å²) in [4.78, 5) is 52.1. The van der Waals surface area contributed by atoms with Crippen molar-refractivity contribution in [2.75, 3.05) is 0 Å². The average Bonchev–Trinajstić information content (AvgIpc) is 3.00. The third-order valence-electron chi connectivity index (χ3n) is 7.24. The van der Waals surface area contributed by atoms with Crippen molar-refractivity contribution in [2.24, 2.45) is 11.7 Å². The summed E-state index contributed by atoms with van der Waals surface area (Å²) in [6.45, 7) is 3.68. The third-order valence-corrected chi connectivity index (χ3v) is 7.24. The van der Waals surface area contributed by atoms with E-state index in [9.17, 15) is 24.3 Å². The summed E-state index contributed by atoms with van der Waals surface area (Å²) in [5.41, 5.74) is 8.65. The van der Waals surface area contributed by atoms with Gasteiger partial charge >= 0.3 is 5.97 Å². The van der Waals surface area contributed by atoms with Gasteiger partial charge in [-0.1, -0.05) is 111 Å². The van der Waals surface area contributed by atoms with Gasteiger partial charge in [0, 0.05) is 12.8 Å². The van der Waals surface area contributed by atoms with Crippen LogP contribution in [-0.4, -0.2) is 53.0 Å². The molecule has 6 N–H and O–H groups in total. The first-order valence-corrected chi connectivity index (χ1v) is 14.2. The normalized spacial score (nSPS) is 14.5. The number of amides is 3. The van der Waals surface area contributed by atoms with E-state index in [2.05, 4.69) is 16.0 Å². The Bertz CT molecular complexity index is 1300. The summed E-state index contributed by atoms with van der Waals surface area (Å²) in [6.07, 6.45) is 1.11. The Kier molecular flexibility index (Phi) is 12.3. The molecule has 0 heterocycles. The van der Waals surface area contributed by atoms with Crippen molar-refractivity contribution >= 4 is 23.7 Å². The molecule has 5 atom stereocenters. The molecule has 0 aliphatic carbocycles. The van der Waals surface area contributed by atoms with Crippen LogP contribution in [0.25, 0.3) is 0 Å². The van der Waals surface area contributed by atoms with Crippen molar-refractivity contribution in [3.8, 4) is 0 Å². The third kappa shape index (κ3) is 9.85. The fourth-order valence-electron chi connectivity index (χ4n) is 4.57. The molecular formula is C33H40N4O5. The van der Waals surface area contributed by atoms with E-state index in [0.717, 1.165) is 16.7 Å². The van der Waals surface area contributed by atoms with Gasteiger partial charge in [-0.15, -0.1) is 0 Å². The molecule has 3 aromatic rings. The number of nitrogens with one attached hydrogen (secondary N) is 3. The number of hydrogen-bond donors (Lipinski definition) is 5. The van der Waals surface area contributed by atoms with Gasteiger partial charge in [-0.2, -0.15) is 0 Å². The maximum Gasteiger partial charge on any atom is 0.326 e. The number of carboxylic acid groups (broad SMARTS) is 1. The number of nitrogens with two attached hydrogens (primary N) is 1. The van der Waals surface area contributed by atoms with Gasteiger partial charge in [0.25, 0.3) is 0 Å². The van der Waals surface area contributed by atoms with Crippen LogP contribution in [0.15, 0.2) is 91.0 Å². The van der Waals surface area contributed by atoms with E-state index in [1.54, 1.807) is 31.2 Å². The number of carbonyl (C=O) groups excluding carboxylic acids is 3. The van der Waals surface area contributed by atoms with Gasteiger partial charge in [0.05, 0.1) is 6.04 Å². The van der Waals surface area contributed by atoms with Crippen LogP contribution in [0, 0.1) is 5.92 Å². The van der Waals surface area contributed by atoms with Crippen molar-refractivity contribution < 1.29 is 24.3 Å². The zero-order valence-corrected chi connectivity index (χ0v) is 24.0. The summed E-state index contributed by atoms with van der Waals surface area (Å²) in [5.74, 6) is -3.15. The summed E-state index contributed by atoms with van der Waals surface area (Å²) in [6, 6.07) is 23.4. The molecule has 9 nitrogen and oxygen atoms in total. The van der Waals surface area contributed by atoms with Gasteiger partial charge < -0.3 is 26.8 Å². The Balaban J connectivity index is 1.76. The first-order chi connectivity index (χ1) is 20.2. The van der Waals surface area contributed by atoms with Gasteiger partial charge in [-0.3, -0.25) is 14.4 Å². The molecule has 0 saturated heterocycles. The monoisotopic (exact) mass is 572 g/mol. The molecule has 3 amide bonds. The Hall–Kier alpha value is -4.50. The predicted octanol–water partition coefficient (Wildman–Crippen LogP) is 2.63. The number of carboxylic acids is 1. The highest BCUT2D eigenvalue weighted by Gasteiger charge is 2.33. The van der Waals surface area contributed by atoms with Crippen LogP contribution >= 0.6 is 0 Å². The highest BCUT2D eigenvalue weighted by Crippen LogP contribution is 2.12. The minimum atomic E-state index is -1.18. The predicted molar refractivity (Wildman–Crippen MR) is 161 cm³/mol. The lowest BCUT2D eigenvalue weighted by molar-refractivity contribution is -0.142. The van der Waals surface area contributed by atoms with E-state index in [-0.39, 0.29) is 18.8 Å². The van der Waals surface area contributed by atoms with Crippen LogP contribution in [0.4, 0.5) is 0 Å². The molecular weight excluding hydrogens is 532 g/mol. The molecule has 42 heavy (non-hydrogen) atoms. The van der Waals surface area contributed by atoms with Crippen LogP contribution < -0.4 is 21.7 Å². The Morgan fingerprint density at radius 1 is 0.643 bits per heavy atom. The lowest BCUT2D eigenvalue weighted by atomic mass is 9.96. The molecule has 0 radical (unpaired) electrons. The Morgan fingerprint density at radius 2 is 1.07 bits per heavy atom. The Labute approximate surface area is 246 Å². The molecule has 5 unspecified atom stereocenters. The quantitative estimate of drug-likeness (QED) is 0.189. The van der Waals surface area contributed by atoms with E-state index < -0.39 is 47.9 Å². The second kappa shape index (κ2) is 16.1. The van der Waals surface area contributed by atoms with Gasteiger partial charge in [0.1, 0.15) is 18.1 Å². The number of aliphatic carboxylic acids is 1. The maximum atomic E-state index is 13.6. The molecule has 0 fully saturated rings. The van der Waals surface area contributed by atoms with Gasteiger partial charge in [0.2, 0.25) is 17.7 Å². The van der Waals surface area contributed by atoms with Crippen LogP contribution in [0.2, 0.25) is 0 Å². The van der Waals surface area contributed by atoms with E-state index in [1.165, 1.54) is 0 Å². The number of carbonyl (C=O) groups is 4. The van der Waals surface area contributed by atoms with Crippen LogP contribution in [0.5, 0.6) is 0 Å². The smallest absolute Gasteiger partial charge is 0.326 e. The molecule has 0 spiro atoms. The van der Waals surface area contributed by atoms with Crippen molar-refractivity contribution in [3.63, 3.8) is 0 Å². The van der Waals surface area contributed by atoms with E-state index in [0.29, 0.717) is 12.8 Å². The van der Waals surface area contributed by atoms with Gasteiger partial charge in [0.15, 0.2) is 0 Å². The zero-order chi connectivity index (χ0) is 30.5. The second-order valence-electron chi connectivity index (χ2n) is 10.5. The molecule has 0 bridgehead atoms. The molecule has 0 aliphatic rings. The maximum absolute atomic E-state index is 13.6. The SMILES string of the molecule is CCC(C)C(NC(=O)C(Cc1ccccc1)NC(=O)C(N)Cc1ccccc1)C(=O)NC(Cc1ccccc1)C(=O)O. The lowest BCUT2D eigenvalue weighted by Gasteiger charge is -2.28. The minimum absolute atomic E-state index is 0.0923. The van der Waals surface area contributed by atoms with Crippen LogP contribution in [0.1, 0.15) is 37.0 Å². The highest BCUT2D eigenvalue weighted by molar-refractivity contribution is 5.94. The molecule has 9 heteroatoms. The molecule has 3 rings (SSSR count). The number of benzene rings is 3. The fraction of sp³-hybridized carbons (Fsp3) is 0.333. The first-order valence-electron chi connectivity index (χ1n) is 14.2. The minimum Gasteiger partial charge on any atom is -0.480 e. The highest BCUT2D eigenvalue weighted by atomic mass is 16.4. The van der Waals surface area contributed by atoms with E-state index in [4.69, 9.17) is 5.73 Å². The Morgan fingerprint density at radius 3 is 1.52 bits per heavy atom. The summed E-state index contributed by atoms with van der Waals surface area (Å²) in [7, 11) is 0.